The number of benzene rings is 4. The van der Waals surface area contributed by atoms with Gasteiger partial charge in [-0.1, -0.05) is 78.3 Å². The summed E-state index contributed by atoms with van der Waals surface area (Å²) in [6.45, 7) is 0. The molecule has 0 spiro atoms. The highest BCUT2D eigenvalue weighted by Crippen LogP contribution is 2.47. The van der Waals surface area contributed by atoms with Crippen LogP contribution < -0.4 is 4.90 Å². The van der Waals surface area contributed by atoms with Crippen LogP contribution in [0.1, 0.15) is 28.3 Å². The molecule has 0 bridgehead atoms. The number of H-pyrrole nitrogens is 1. The van der Waals surface area contributed by atoms with Gasteiger partial charge in [-0.3, -0.25) is 4.98 Å². The number of nitrogens with zero attached hydrogens (tertiary/aromatic N) is 2. The maximum absolute atomic E-state index is 6.32. The molecule has 3 nitrogen and oxygen atoms in total. The lowest BCUT2D eigenvalue weighted by atomic mass is 9.86. The molecule has 0 aliphatic carbocycles. The van der Waals surface area contributed by atoms with Crippen molar-refractivity contribution < 1.29 is 0 Å². The van der Waals surface area contributed by atoms with E-state index in [0.29, 0.717) is 0 Å². The van der Waals surface area contributed by atoms with Crippen LogP contribution in [0.25, 0.3) is 33.6 Å². The Hall–Kier alpha value is -4.34. The van der Waals surface area contributed by atoms with E-state index in [9.17, 15) is 0 Å². The summed E-state index contributed by atoms with van der Waals surface area (Å²) in [4.78, 5) is 10.8. The Bertz CT molecular complexity index is 1750. The number of rotatable bonds is 3. The number of aromatic amines is 1. The van der Waals surface area contributed by atoms with Crippen molar-refractivity contribution in [3.8, 4) is 0 Å². The van der Waals surface area contributed by atoms with Crippen molar-refractivity contribution in [2.45, 2.75) is 6.04 Å². The number of hydrogen-bond acceptors (Lipinski definition) is 2. The molecule has 4 aromatic carbocycles. The predicted octanol–water partition coefficient (Wildman–Crippen LogP) is 8.48. The van der Waals surface area contributed by atoms with Crippen molar-refractivity contribution >= 4 is 50.9 Å². The van der Waals surface area contributed by atoms with Gasteiger partial charge in [0.25, 0.3) is 0 Å². The van der Waals surface area contributed by atoms with E-state index in [2.05, 4.69) is 107 Å². The quantitative estimate of drug-likeness (QED) is 0.273. The number of hydrogen-bond donors (Lipinski definition) is 1. The molecule has 2 aromatic heterocycles. The van der Waals surface area contributed by atoms with Crippen LogP contribution in [0.3, 0.4) is 0 Å². The zero-order chi connectivity index (χ0) is 24.1. The average Bonchev–Trinajstić information content (AvgIpc) is 3.37. The lowest BCUT2D eigenvalue weighted by molar-refractivity contribution is 0.819. The lowest BCUT2D eigenvalue weighted by Crippen LogP contribution is -2.31. The van der Waals surface area contributed by atoms with Crippen LogP contribution in [0, 0.1) is 0 Å². The van der Waals surface area contributed by atoms with E-state index in [0.717, 1.165) is 38.4 Å². The third-order valence-electron chi connectivity index (χ3n) is 7.03. The second-order valence-electron chi connectivity index (χ2n) is 9.08. The first-order chi connectivity index (χ1) is 17.8. The van der Waals surface area contributed by atoms with Gasteiger partial charge in [-0.25, -0.2) is 0 Å². The van der Waals surface area contributed by atoms with E-state index in [4.69, 9.17) is 16.6 Å². The first-order valence-corrected chi connectivity index (χ1v) is 12.4. The van der Waals surface area contributed by atoms with Crippen molar-refractivity contribution in [3.05, 3.63) is 143 Å². The van der Waals surface area contributed by atoms with Crippen LogP contribution in [-0.2, 0) is 0 Å². The second kappa shape index (κ2) is 8.40. The number of halogens is 1. The summed E-state index contributed by atoms with van der Waals surface area (Å²) < 4.78 is 0. The molecule has 4 heteroatoms. The van der Waals surface area contributed by atoms with Crippen LogP contribution in [0.4, 0.5) is 5.69 Å². The van der Waals surface area contributed by atoms with Crippen LogP contribution in [0.15, 0.2) is 116 Å². The smallest absolute Gasteiger partial charge is 0.0886 e. The Balaban J connectivity index is 1.59. The Kier molecular flexibility index (Phi) is 4.90. The summed E-state index contributed by atoms with van der Waals surface area (Å²) in [5, 5.41) is 3.08. The van der Waals surface area contributed by atoms with Gasteiger partial charge < -0.3 is 9.88 Å². The molecular formula is C32H22ClN3. The van der Waals surface area contributed by atoms with Gasteiger partial charge in [0.1, 0.15) is 0 Å². The number of anilines is 1. The molecule has 0 saturated heterocycles. The van der Waals surface area contributed by atoms with Crippen molar-refractivity contribution in [3.63, 3.8) is 0 Å². The second-order valence-corrected chi connectivity index (χ2v) is 9.51. The van der Waals surface area contributed by atoms with Crippen LogP contribution >= 0.6 is 11.6 Å². The maximum Gasteiger partial charge on any atom is 0.0886 e. The molecule has 1 atom stereocenters. The molecule has 1 unspecified atom stereocenters. The van der Waals surface area contributed by atoms with Gasteiger partial charge in [0.05, 0.1) is 11.6 Å². The Morgan fingerprint density at radius 2 is 1.44 bits per heavy atom. The highest BCUT2D eigenvalue weighted by molar-refractivity contribution is 6.30. The van der Waals surface area contributed by atoms with Crippen molar-refractivity contribution in [2.24, 2.45) is 0 Å². The molecule has 0 saturated carbocycles. The molecule has 0 amide bonds. The molecular weight excluding hydrogens is 462 g/mol. The van der Waals surface area contributed by atoms with E-state index < -0.39 is 0 Å². The van der Waals surface area contributed by atoms with Gasteiger partial charge >= 0.3 is 0 Å². The normalized spacial score (nSPS) is 15.2. The van der Waals surface area contributed by atoms with E-state index in [-0.39, 0.29) is 6.04 Å². The number of pyridine rings is 1. The highest BCUT2D eigenvalue weighted by atomic mass is 35.5. The van der Waals surface area contributed by atoms with E-state index in [1.54, 1.807) is 0 Å². The van der Waals surface area contributed by atoms with E-state index >= 15 is 0 Å². The van der Waals surface area contributed by atoms with Gasteiger partial charge in [-0.15, -0.1) is 0 Å². The topological polar surface area (TPSA) is 31.9 Å². The standard InChI is InChI=1S/C32H22ClN3/c33-22-14-16-23(17-15-22)36-31(21-8-2-1-3-9-21)18-26-24-10-4-6-12-29(24)35-20-28(26)32(36)27-19-34-30-13-7-5-11-25(27)30/h1-20,32,34H. The predicted molar refractivity (Wildman–Crippen MR) is 150 cm³/mol. The minimum atomic E-state index is -0.0883. The molecule has 1 aliphatic heterocycles. The number of para-hydroxylation sites is 2. The maximum atomic E-state index is 6.32. The third-order valence-corrected chi connectivity index (χ3v) is 7.28. The largest absolute Gasteiger partial charge is 0.361 e. The van der Waals surface area contributed by atoms with Crippen molar-refractivity contribution in [1.29, 1.82) is 0 Å². The molecule has 0 radical (unpaired) electrons. The molecule has 36 heavy (non-hydrogen) atoms. The zero-order valence-electron chi connectivity index (χ0n) is 19.4. The fraction of sp³-hybridized carbons (Fsp3) is 0.0312. The summed E-state index contributed by atoms with van der Waals surface area (Å²) in [5.74, 6) is 0. The lowest BCUT2D eigenvalue weighted by Gasteiger charge is -2.40. The average molecular weight is 484 g/mol. The van der Waals surface area contributed by atoms with Crippen LogP contribution in [-0.4, -0.2) is 9.97 Å². The summed E-state index contributed by atoms with van der Waals surface area (Å²) in [5.41, 5.74) is 9.07. The van der Waals surface area contributed by atoms with Gasteiger partial charge in [0.15, 0.2) is 0 Å². The minimum absolute atomic E-state index is 0.0883. The molecule has 7 rings (SSSR count). The van der Waals surface area contributed by atoms with Gasteiger partial charge in [0, 0.05) is 56.2 Å². The zero-order valence-corrected chi connectivity index (χ0v) is 20.2. The molecule has 172 valence electrons. The van der Waals surface area contributed by atoms with Crippen molar-refractivity contribution in [2.75, 3.05) is 4.90 Å². The number of aromatic nitrogens is 2. The molecule has 6 aromatic rings. The molecule has 1 aliphatic rings. The fourth-order valence-electron chi connectivity index (χ4n) is 5.39. The number of nitrogens with one attached hydrogen (secondary N) is 1. The first-order valence-electron chi connectivity index (χ1n) is 12.0. The monoisotopic (exact) mass is 483 g/mol. The Labute approximate surface area is 214 Å². The summed E-state index contributed by atoms with van der Waals surface area (Å²) in [7, 11) is 0. The van der Waals surface area contributed by atoms with Crippen LogP contribution in [0.2, 0.25) is 5.02 Å². The van der Waals surface area contributed by atoms with E-state index in [1.165, 1.54) is 22.1 Å². The highest BCUT2D eigenvalue weighted by Gasteiger charge is 2.34. The summed E-state index contributed by atoms with van der Waals surface area (Å²) in [6, 6.07) is 35.5. The van der Waals surface area contributed by atoms with Crippen molar-refractivity contribution in [1.82, 2.24) is 9.97 Å². The molecule has 0 fully saturated rings. The first kappa shape index (κ1) is 21.0. The summed E-state index contributed by atoms with van der Waals surface area (Å²) in [6.07, 6.45) is 6.51. The van der Waals surface area contributed by atoms with Gasteiger partial charge in [-0.05, 0) is 53.6 Å². The van der Waals surface area contributed by atoms with Gasteiger partial charge in [0.2, 0.25) is 0 Å². The Morgan fingerprint density at radius 1 is 0.722 bits per heavy atom. The SMILES string of the molecule is Clc1ccc(N2C(c3ccccc3)=Cc3c(cnc4ccccc34)C2c2c[nH]c3ccccc23)cc1. The Morgan fingerprint density at radius 3 is 2.28 bits per heavy atom. The van der Waals surface area contributed by atoms with Crippen LogP contribution in [0.5, 0.6) is 0 Å². The fourth-order valence-corrected chi connectivity index (χ4v) is 5.52. The molecule has 1 N–H and O–H groups in total. The third kappa shape index (κ3) is 3.32. The minimum Gasteiger partial charge on any atom is -0.361 e. The number of fused-ring (bicyclic) bond motifs is 4. The van der Waals surface area contributed by atoms with E-state index in [1.807, 2.05) is 24.4 Å². The van der Waals surface area contributed by atoms with Gasteiger partial charge in [-0.2, -0.15) is 0 Å². The molecule has 3 heterocycles. The summed E-state index contributed by atoms with van der Waals surface area (Å²) >= 11 is 6.32.